The topological polar surface area (TPSA) is 35.0 Å². The van der Waals surface area contributed by atoms with Gasteiger partial charge in [0.2, 0.25) is 5.88 Å². The third-order valence-corrected chi connectivity index (χ3v) is 2.54. The van der Waals surface area contributed by atoms with Crippen LogP contribution in [0.4, 0.5) is 0 Å². The normalized spacial score (nSPS) is 10.5. The third-order valence-electron chi connectivity index (χ3n) is 1.93. The monoisotopic (exact) mass is 252 g/mol. The fourth-order valence-corrected chi connectivity index (χ4v) is 1.94. The van der Waals surface area contributed by atoms with E-state index in [1.807, 2.05) is 19.1 Å². The van der Waals surface area contributed by atoms with E-state index >= 15 is 0 Å². The van der Waals surface area contributed by atoms with Crippen LogP contribution in [-0.4, -0.2) is 17.1 Å². The molecule has 0 fully saturated rings. The molecule has 0 atom stereocenters. The Hall–Kier alpha value is -1.16. The van der Waals surface area contributed by atoms with Gasteiger partial charge in [0.1, 0.15) is 5.52 Å². The first-order valence-electron chi connectivity index (χ1n) is 4.17. The summed E-state index contributed by atoms with van der Waals surface area (Å²) in [6.07, 6.45) is 1.62. The van der Waals surface area contributed by atoms with E-state index in [2.05, 4.69) is 25.9 Å². The first-order valence-corrected chi connectivity index (χ1v) is 4.97. The average Bonchev–Trinajstić information content (AvgIpc) is 2.17. The van der Waals surface area contributed by atoms with Gasteiger partial charge in [-0.15, -0.1) is 0 Å². The van der Waals surface area contributed by atoms with Crippen LogP contribution in [0.15, 0.2) is 22.8 Å². The molecule has 2 rings (SSSR count). The van der Waals surface area contributed by atoms with Crippen LogP contribution in [0.5, 0.6) is 5.88 Å². The second-order valence-corrected chi connectivity index (χ2v) is 3.88. The van der Waals surface area contributed by atoms with Crippen LogP contribution in [0, 0.1) is 6.92 Å². The van der Waals surface area contributed by atoms with Gasteiger partial charge < -0.3 is 4.74 Å². The quantitative estimate of drug-likeness (QED) is 0.783. The molecule has 0 saturated carbocycles. The molecule has 0 N–H and O–H groups in total. The lowest BCUT2D eigenvalue weighted by atomic mass is 10.2. The first kappa shape index (κ1) is 9.40. The molecule has 0 radical (unpaired) electrons. The van der Waals surface area contributed by atoms with E-state index < -0.39 is 0 Å². The predicted octanol–water partition coefficient (Wildman–Crippen LogP) is 2.71. The molecule has 0 bridgehead atoms. The summed E-state index contributed by atoms with van der Waals surface area (Å²) in [6, 6.07) is 4.00. The van der Waals surface area contributed by atoms with Gasteiger partial charge in [-0.05, 0) is 40.5 Å². The summed E-state index contributed by atoms with van der Waals surface area (Å²) >= 11 is 3.45. The number of nitrogens with zero attached hydrogens (tertiary/aromatic N) is 2. The Kier molecular flexibility index (Phi) is 2.37. The number of hydrogen-bond donors (Lipinski definition) is 0. The first-order chi connectivity index (χ1) is 6.70. The van der Waals surface area contributed by atoms with Crippen molar-refractivity contribution in [2.75, 3.05) is 7.11 Å². The molecule has 1 aromatic heterocycles. The molecule has 4 heteroatoms. The molecule has 2 aromatic rings. The maximum Gasteiger partial charge on any atom is 0.232 e. The highest BCUT2D eigenvalue weighted by Gasteiger charge is 2.04. The van der Waals surface area contributed by atoms with Crippen LogP contribution in [0.25, 0.3) is 11.0 Å². The van der Waals surface area contributed by atoms with Crippen LogP contribution >= 0.6 is 15.9 Å². The van der Waals surface area contributed by atoms with Gasteiger partial charge in [0.15, 0.2) is 0 Å². The minimum absolute atomic E-state index is 0.530. The summed E-state index contributed by atoms with van der Waals surface area (Å²) in [5.74, 6) is 0.530. The van der Waals surface area contributed by atoms with Gasteiger partial charge in [-0.2, -0.15) is 0 Å². The van der Waals surface area contributed by atoms with Gasteiger partial charge in [0, 0.05) is 4.47 Å². The van der Waals surface area contributed by atoms with Gasteiger partial charge in [-0.3, -0.25) is 0 Å². The molecule has 14 heavy (non-hydrogen) atoms. The Balaban J connectivity index is 2.75. The number of benzene rings is 1. The summed E-state index contributed by atoms with van der Waals surface area (Å²) in [4.78, 5) is 8.56. The largest absolute Gasteiger partial charge is 0.480 e. The van der Waals surface area contributed by atoms with Gasteiger partial charge in [0.05, 0.1) is 18.8 Å². The Labute approximate surface area is 90.3 Å². The van der Waals surface area contributed by atoms with E-state index in [9.17, 15) is 0 Å². The molecule has 3 nitrogen and oxygen atoms in total. The third kappa shape index (κ3) is 1.57. The van der Waals surface area contributed by atoms with Crippen molar-refractivity contribution in [1.82, 2.24) is 9.97 Å². The lowest BCUT2D eigenvalue weighted by molar-refractivity contribution is 0.397. The molecule has 0 saturated heterocycles. The number of fused-ring (bicyclic) bond motifs is 1. The standard InChI is InChI=1S/C10H9BrN2O/c1-6-3-7(11)10-8(4-6)12-5-9(13-10)14-2/h3-5H,1-2H3. The number of halogens is 1. The average molecular weight is 253 g/mol. The van der Waals surface area contributed by atoms with E-state index in [0.717, 1.165) is 21.1 Å². The van der Waals surface area contributed by atoms with Crippen LogP contribution < -0.4 is 4.74 Å². The number of hydrogen-bond acceptors (Lipinski definition) is 3. The van der Waals surface area contributed by atoms with E-state index in [-0.39, 0.29) is 0 Å². The van der Waals surface area contributed by atoms with Gasteiger partial charge in [-0.1, -0.05) is 0 Å². The molecular formula is C10H9BrN2O. The highest BCUT2D eigenvalue weighted by molar-refractivity contribution is 9.10. The van der Waals surface area contributed by atoms with Crippen molar-refractivity contribution in [3.05, 3.63) is 28.4 Å². The molecule has 0 unspecified atom stereocenters. The number of rotatable bonds is 1. The second-order valence-electron chi connectivity index (χ2n) is 3.03. The number of aromatic nitrogens is 2. The number of ether oxygens (including phenoxy) is 1. The minimum atomic E-state index is 0.530. The van der Waals surface area contributed by atoms with Gasteiger partial charge in [-0.25, -0.2) is 9.97 Å². The molecule has 0 aliphatic carbocycles. The molecular weight excluding hydrogens is 244 g/mol. The van der Waals surface area contributed by atoms with Crippen LogP contribution in [0.3, 0.4) is 0 Å². The molecule has 1 aromatic carbocycles. The van der Waals surface area contributed by atoms with Crippen molar-refractivity contribution < 1.29 is 4.74 Å². The molecule has 0 aliphatic rings. The van der Waals surface area contributed by atoms with Gasteiger partial charge >= 0.3 is 0 Å². The zero-order valence-electron chi connectivity index (χ0n) is 7.91. The number of methoxy groups -OCH3 is 1. The summed E-state index contributed by atoms with van der Waals surface area (Å²) in [6.45, 7) is 2.02. The Morgan fingerprint density at radius 1 is 1.36 bits per heavy atom. The summed E-state index contributed by atoms with van der Waals surface area (Å²) in [5, 5.41) is 0. The van der Waals surface area contributed by atoms with Crippen LogP contribution in [0.2, 0.25) is 0 Å². The fraction of sp³-hybridized carbons (Fsp3) is 0.200. The van der Waals surface area contributed by atoms with E-state index in [0.29, 0.717) is 5.88 Å². The second kappa shape index (κ2) is 3.53. The molecule has 72 valence electrons. The van der Waals surface area contributed by atoms with E-state index in [1.165, 1.54) is 0 Å². The highest BCUT2D eigenvalue weighted by Crippen LogP contribution is 2.24. The lowest BCUT2D eigenvalue weighted by Crippen LogP contribution is -1.91. The highest BCUT2D eigenvalue weighted by atomic mass is 79.9. The fourth-order valence-electron chi connectivity index (χ4n) is 1.29. The van der Waals surface area contributed by atoms with Gasteiger partial charge in [0.25, 0.3) is 0 Å². The van der Waals surface area contributed by atoms with E-state index in [4.69, 9.17) is 4.74 Å². The van der Waals surface area contributed by atoms with Crippen molar-refractivity contribution in [3.8, 4) is 5.88 Å². The zero-order valence-corrected chi connectivity index (χ0v) is 9.50. The zero-order chi connectivity index (χ0) is 10.1. The Morgan fingerprint density at radius 2 is 2.14 bits per heavy atom. The lowest BCUT2D eigenvalue weighted by Gasteiger charge is -2.03. The molecule has 1 heterocycles. The van der Waals surface area contributed by atoms with Crippen molar-refractivity contribution >= 4 is 27.0 Å². The summed E-state index contributed by atoms with van der Waals surface area (Å²) in [5.41, 5.74) is 2.86. The van der Waals surface area contributed by atoms with Crippen molar-refractivity contribution in [2.45, 2.75) is 6.92 Å². The Morgan fingerprint density at radius 3 is 2.86 bits per heavy atom. The van der Waals surface area contributed by atoms with Crippen molar-refractivity contribution in [2.24, 2.45) is 0 Å². The SMILES string of the molecule is COc1cnc2cc(C)cc(Br)c2n1. The van der Waals surface area contributed by atoms with E-state index in [1.54, 1.807) is 13.3 Å². The Bertz CT molecular complexity index is 485. The minimum Gasteiger partial charge on any atom is -0.480 e. The predicted molar refractivity (Wildman–Crippen MR) is 58.5 cm³/mol. The summed E-state index contributed by atoms with van der Waals surface area (Å²) < 4.78 is 5.96. The number of aryl methyl sites for hydroxylation is 1. The molecule has 0 amide bonds. The maximum absolute atomic E-state index is 5.01. The van der Waals surface area contributed by atoms with Crippen LogP contribution in [-0.2, 0) is 0 Å². The summed E-state index contributed by atoms with van der Waals surface area (Å²) in [7, 11) is 1.58. The van der Waals surface area contributed by atoms with Crippen molar-refractivity contribution in [1.29, 1.82) is 0 Å². The van der Waals surface area contributed by atoms with Crippen molar-refractivity contribution in [3.63, 3.8) is 0 Å². The van der Waals surface area contributed by atoms with Crippen LogP contribution in [0.1, 0.15) is 5.56 Å². The smallest absolute Gasteiger partial charge is 0.232 e. The molecule has 0 spiro atoms. The maximum atomic E-state index is 5.01. The molecule has 0 aliphatic heterocycles.